The van der Waals surface area contributed by atoms with E-state index in [1.165, 1.54) is 0 Å². The first-order valence-corrected chi connectivity index (χ1v) is 6.39. The van der Waals surface area contributed by atoms with E-state index in [0.717, 1.165) is 32.6 Å². The van der Waals surface area contributed by atoms with Crippen LogP contribution in [0.2, 0.25) is 0 Å². The molecule has 0 saturated carbocycles. The van der Waals surface area contributed by atoms with Crippen LogP contribution in [0, 0.1) is 5.92 Å². The van der Waals surface area contributed by atoms with Gasteiger partial charge in [0.1, 0.15) is 0 Å². The Morgan fingerprint density at radius 3 is 2.06 bits per heavy atom. The maximum Gasteiger partial charge on any atom is 0.0768 e. The highest BCUT2D eigenvalue weighted by Crippen LogP contribution is 2.17. The minimum absolute atomic E-state index is 0.297. The summed E-state index contributed by atoms with van der Waals surface area (Å²) in [6, 6.07) is 0. The molecule has 0 aliphatic rings. The summed E-state index contributed by atoms with van der Waals surface area (Å²) in [5, 5.41) is 10.3. The molecule has 0 aliphatic heterocycles. The third kappa shape index (κ3) is 6.46. The number of hydrogen-bond donors (Lipinski definition) is 1. The minimum atomic E-state index is -0.582. The highest BCUT2D eigenvalue weighted by Gasteiger charge is 2.27. The number of aliphatic hydroxyl groups is 1. The van der Waals surface area contributed by atoms with Crippen molar-refractivity contribution in [3.8, 4) is 0 Å². The standard InChI is InChI=1S/C13H30N2O/c1-7-8-15(10-9-14(5)6)11-13(4,16)12(2)3/h12,16H,7-11H2,1-6H3. The van der Waals surface area contributed by atoms with Gasteiger partial charge in [-0.25, -0.2) is 0 Å². The first-order chi connectivity index (χ1) is 7.29. The van der Waals surface area contributed by atoms with Gasteiger partial charge >= 0.3 is 0 Å². The zero-order valence-corrected chi connectivity index (χ0v) is 12.0. The van der Waals surface area contributed by atoms with Crippen LogP contribution >= 0.6 is 0 Å². The van der Waals surface area contributed by atoms with Gasteiger partial charge in [0.05, 0.1) is 5.60 Å². The lowest BCUT2D eigenvalue weighted by atomic mass is 9.92. The summed E-state index contributed by atoms with van der Waals surface area (Å²) < 4.78 is 0. The van der Waals surface area contributed by atoms with Crippen molar-refractivity contribution in [2.45, 2.75) is 39.7 Å². The zero-order chi connectivity index (χ0) is 12.8. The van der Waals surface area contributed by atoms with Gasteiger partial charge in [-0.15, -0.1) is 0 Å². The van der Waals surface area contributed by atoms with Crippen molar-refractivity contribution in [1.29, 1.82) is 0 Å². The van der Waals surface area contributed by atoms with Gasteiger partial charge < -0.3 is 10.0 Å². The molecule has 1 N–H and O–H groups in total. The van der Waals surface area contributed by atoms with Crippen LogP contribution in [0.15, 0.2) is 0 Å². The lowest BCUT2D eigenvalue weighted by Gasteiger charge is -2.34. The molecule has 0 aromatic heterocycles. The molecule has 0 aromatic carbocycles. The van der Waals surface area contributed by atoms with Crippen LogP contribution < -0.4 is 0 Å². The summed E-state index contributed by atoms with van der Waals surface area (Å²) in [6.45, 7) is 12.2. The van der Waals surface area contributed by atoms with E-state index in [0.29, 0.717) is 5.92 Å². The van der Waals surface area contributed by atoms with Gasteiger partial charge in [0.2, 0.25) is 0 Å². The fourth-order valence-electron chi connectivity index (χ4n) is 1.56. The predicted octanol–water partition coefficient (Wildman–Crippen LogP) is 1.67. The summed E-state index contributed by atoms with van der Waals surface area (Å²) in [5.74, 6) is 0.297. The molecule has 0 radical (unpaired) electrons. The molecule has 16 heavy (non-hydrogen) atoms. The Hall–Kier alpha value is -0.120. The van der Waals surface area contributed by atoms with Gasteiger partial charge in [0.25, 0.3) is 0 Å². The fourth-order valence-corrected chi connectivity index (χ4v) is 1.56. The molecule has 0 amide bonds. The highest BCUT2D eigenvalue weighted by atomic mass is 16.3. The van der Waals surface area contributed by atoms with E-state index >= 15 is 0 Å². The van der Waals surface area contributed by atoms with Crippen LogP contribution in [0.4, 0.5) is 0 Å². The van der Waals surface area contributed by atoms with E-state index in [1.807, 2.05) is 6.92 Å². The number of rotatable bonds is 8. The Labute approximate surface area is 101 Å². The van der Waals surface area contributed by atoms with Crippen LogP contribution in [-0.4, -0.2) is 60.8 Å². The fraction of sp³-hybridized carbons (Fsp3) is 1.00. The Balaban J connectivity index is 4.21. The third-order valence-corrected chi connectivity index (χ3v) is 3.19. The van der Waals surface area contributed by atoms with E-state index in [2.05, 4.69) is 44.7 Å². The lowest BCUT2D eigenvalue weighted by Crippen LogP contribution is -2.46. The molecule has 98 valence electrons. The third-order valence-electron chi connectivity index (χ3n) is 3.19. The van der Waals surface area contributed by atoms with Crippen LogP contribution in [0.1, 0.15) is 34.1 Å². The van der Waals surface area contributed by atoms with Crippen LogP contribution in [0.25, 0.3) is 0 Å². The largest absolute Gasteiger partial charge is 0.389 e. The molecule has 3 heteroatoms. The quantitative estimate of drug-likeness (QED) is 0.687. The Morgan fingerprint density at radius 1 is 1.12 bits per heavy atom. The first-order valence-electron chi connectivity index (χ1n) is 6.39. The molecule has 1 unspecified atom stereocenters. The monoisotopic (exact) mass is 230 g/mol. The zero-order valence-electron chi connectivity index (χ0n) is 12.0. The first kappa shape index (κ1) is 15.9. The van der Waals surface area contributed by atoms with Crippen molar-refractivity contribution >= 4 is 0 Å². The smallest absolute Gasteiger partial charge is 0.0768 e. The van der Waals surface area contributed by atoms with Crippen LogP contribution in [0.5, 0.6) is 0 Å². The van der Waals surface area contributed by atoms with Crippen molar-refractivity contribution in [3.63, 3.8) is 0 Å². The molecule has 0 rings (SSSR count). The Morgan fingerprint density at radius 2 is 1.69 bits per heavy atom. The van der Waals surface area contributed by atoms with E-state index in [4.69, 9.17) is 0 Å². The molecule has 0 spiro atoms. The minimum Gasteiger partial charge on any atom is -0.389 e. The number of likely N-dealkylation sites (N-methyl/N-ethyl adjacent to an activating group) is 1. The van der Waals surface area contributed by atoms with Crippen molar-refractivity contribution in [1.82, 2.24) is 9.80 Å². The Bertz CT molecular complexity index is 179. The topological polar surface area (TPSA) is 26.7 Å². The van der Waals surface area contributed by atoms with E-state index < -0.39 is 5.60 Å². The summed E-state index contributed by atoms with van der Waals surface area (Å²) in [6.07, 6.45) is 1.14. The predicted molar refractivity (Wildman–Crippen MR) is 70.7 cm³/mol. The molecule has 3 nitrogen and oxygen atoms in total. The molecule has 0 heterocycles. The van der Waals surface area contributed by atoms with Crippen molar-refractivity contribution in [3.05, 3.63) is 0 Å². The summed E-state index contributed by atoms with van der Waals surface area (Å²) in [4.78, 5) is 4.55. The van der Waals surface area contributed by atoms with Gasteiger partial charge in [-0.3, -0.25) is 4.90 Å². The number of nitrogens with zero attached hydrogens (tertiary/aromatic N) is 2. The summed E-state index contributed by atoms with van der Waals surface area (Å²) in [7, 11) is 4.18. The summed E-state index contributed by atoms with van der Waals surface area (Å²) in [5.41, 5.74) is -0.582. The average Bonchev–Trinajstić information content (AvgIpc) is 2.13. The van der Waals surface area contributed by atoms with Gasteiger partial charge in [0, 0.05) is 19.6 Å². The average molecular weight is 230 g/mol. The van der Waals surface area contributed by atoms with Gasteiger partial charge in [0.15, 0.2) is 0 Å². The molecule has 0 fully saturated rings. The van der Waals surface area contributed by atoms with Crippen molar-refractivity contribution in [2.75, 3.05) is 40.3 Å². The van der Waals surface area contributed by atoms with E-state index in [9.17, 15) is 5.11 Å². The van der Waals surface area contributed by atoms with Gasteiger partial charge in [-0.2, -0.15) is 0 Å². The van der Waals surface area contributed by atoms with Gasteiger partial charge in [-0.1, -0.05) is 20.8 Å². The van der Waals surface area contributed by atoms with Crippen LogP contribution in [-0.2, 0) is 0 Å². The molecule has 0 aliphatic carbocycles. The molecule has 0 saturated heterocycles. The maximum atomic E-state index is 10.3. The molecule has 0 bridgehead atoms. The van der Waals surface area contributed by atoms with Crippen LogP contribution in [0.3, 0.4) is 0 Å². The highest BCUT2D eigenvalue weighted by molar-refractivity contribution is 4.80. The number of hydrogen-bond acceptors (Lipinski definition) is 3. The second kappa shape index (κ2) is 7.25. The molecular weight excluding hydrogens is 200 g/mol. The second-order valence-corrected chi connectivity index (χ2v) is 5.59. The SMILES string of the molecule is CCCN(CCN(C)C)CC(C)(O)C(C)C. The van der Waals surface area contributed by atoms with E-state index in [1.54, 1.807) is 0 Å². The van der Waals surface area contributed by atoms with Crippen molar-refractivity contribution < 1.29 is 5.11 Å². The second-order valence-electron chi connectivity index (χ2n) is 5.59. The maximum absolute atomic E-state index is 10.3. The molecular formula is C13H30N2O. The van der Waals surface area contributed by atoms with Gasteiger partial charge in [-0.05, 0) is 39.9 Å². The van der Waals surface area contributed by atoms with Crippen molar-refractivity contribution in [2.24, 2.45) is 5.92 Å². The molecule has 0 aromatic rings. The normalized spacial score (nSPS) is 16.1. The van der Waals surface area contributed by atoms with E-state index in [-0.39, 0.29) is 0 Å². The Kier molecular flexibility index (Phi) is 7.20. The lowest BCUT2D eigenvalue weighted by molar-refractivity contribution is -0.0197. The summed E-state index contributed by atoms with van der Waals surface area (Å²) >= 11 is 0. The molecule has 1 atom stereocenters.